The van der Waals surface area contributed by atoms with E-state index in [0.29, 0.717) is 16.4 Å². The number of benzene rings is 1. The number of nitrogens with zero attached hydrogens (tertiary/aromatic N) is 2. The maximum absolute atomic E-state index is 13.4. The molecule has 3 heterocycles. The molecule has 0 bridgehead atoms. The first kappa shape index (κ1) is 19.7. The van der Waals surface area contributed by atoms with Crippen molar-refractivity contribution in [3.05, 3.63) is 34.0 Å². The average molecular weight is 405 g/mol. The molecule has 2 aliphatic rings. The van der Waals surface area contributed by atoms with Crippen molar-refractivity contribution in [2.75, 3.05) is 39.4 Å². The fraction of sp³-hybridized carbons (Fsp3) is 0.591. The van der Waals surface area contributed by atoms with E-state index in [0.717, 1.165) is 75.2 Å². The second-order valence-corrected chi connectivity index (χ2v) is 8.48. The predicted octanol–water partition coefficient (Wildman–Crippen LogP) is 4.42. The van der Waals surface area contributed by atoms with Crippen LogP contribution in [0.25, 0.3) is 11.0 Å². The van der Waals surface area contributed by atoms with Gasteiger partial charge in [0, 0.05) is 43.2 Å². The maximum Gasteiger partial charge on any atom is 0.290 e. The van der Waals surface area contributed by atoms with Crippen molar-refractivity contribution in [3.8, 4) is 0 Å². The van der Waals surface area contributed by atoms with Gasteiger partial charge >= 0.3 is 0 Å². The summed E-state index contributed by atoms with van der Waals surface area (Å²) < 4.78 is 11.4. The summed E-state index contributed by atoms with van der Waals surface area (Å²) in [5.74, 6) is 0.454. The second-order valence-electron chi connectivity index (χ2n) is 8.07. The van der Waals surface area contributed by atoms with Crippen LogP contribution >= 0.6 is 11.6 Å². The van der Waals surface area contributed by atoms with Crippen molar-refractivity contribution in [2.45, 2.75) is 45.6 Å². The summed E-state index contributed by atoms with van der Waals surface area (Å²) in [6.07, 6.45) is 4.31. The minimum Gasteiger partial charge on any atom is -0.449 e. The molecule has 0 aliphatic carbocycles. The van der Waals surface area contributed by atoms with Gasteiger partial charge in [-0.1, -0.05) is 11.6 Å². The molecule has 1 atom stereocenters. The smallest absolute Gasteiger partial charge is 0.290 e. The molecule has 4 rings (SSSR count). The van der Waals surface area contributed by atoms with Crippen LogP contribution in [0.2, 0.25) is 5.02 Å². The minimum atomic E-state index is 0.00842. The zero-order valence-electron chi connectivity index (χ0n) is 16.8. The molecule has 2 saturated heterocycles. The molecule has 2 aromatic rings. The van der Waals surface area contributed by atoms with Crippen molar-refractivity contribution >= 4 is 28.5 Å². The Hall–Kier alpha value is -1.56. The molecule has 1 aromatic carbocycles. The normalized spacial score (nSPS) is 21.4. The molecule has 28 heavy (non-hydrogen) atoms. The van der Waals surface area contributed by atoms with Crippen molar-refractivity contribution in [3.63, 3.8) is 0 Å². The summed E-state index contributed by atoms with van der Waals surface area (Å²) in [4.78, 5) is 17.9. The first-order valence-corrected chi connectivity index (χ1v) is 10.7. The third-order valence-corrected chi connectivity index (χ3v) is 6.38. The van der Waals surface area contributed by atoms with Crippen LogP contribution in [0.5, 0.6) is 0 Å². The number of aryl methyl sites for hydroxylation is 2. The van der Waals surface area contributed by atoms with E-state index >= 15 is 0 Å². The fourth-order valence-corrected chi connectivity index (χ4v) is 4.78. The first-order chi connectivity index (χ1) is 13.5. The topological polar surface area (TPSA) is 45.9 Å². The predicted molar refractivity (Wildman–Crippen MR) is 111 cm³/mol. The molecular weight excluding hydrogens is 376 g/mol. The van der Waals surface area contributed by atoms with Gasteiger partial charge in [0.25, 0.3) is 5.91 Å². The van der Waals surface area contributed by atoms with Gasteiger partial charge in [0.05, 0.1) is 18.2 Å². The standard InChI is InChI=1S/C22H29ClN2O3/c1-15-13-18-16(2)20(28-21(18)19(23)14-15)22(26)25-7-4-3-5-17(25)6-8-24-9-11-27-12-10-24/h13-14,17H,3-12H2,1-2H3/t17-/m0/s1. The molecule has 2 fully saturated rings. The highest BCUT2D eigenvalue weighted by Crippen LogP contribution is 2.34. The number of ether oxygens (including phenoxy) is 1. The lowest BCUT2D eigenvalue weighted by molar-refractivity contribution is 0.0290. The minimum absolute atomic E-state index is 0.00842. The van der Waals surface area contributed by atoms with Crippen LogP contribution in [-0.4, -0.2) is 61.1 Å². The van der Waals surface area contributed by atoms with Gasteiger partial charge in [-0.05, 0) is 57.2 Å². The number of hydrogen-bond donors (Lipinski definition) is 0. The van der Waals surface area contributed by atoms with Crippen molar-refractivity contribution < 1.29 is 13.9 Å². The number of carbonyl (C=O) groups is 1. The Kier molecular flexibility index (Phi) is 5.95. The number of amides is 1. The van der Waals surface area contributed by atoms with Gasteiger partial charge in [0.2, 0.25) is 0 Å². The number of furan rings is 1. The van der Waals surface area contributed by atoms with Crippen LogP contribution in [-0.2, 0) is 4.74 Å². The number of piperidine rings is 1. The Bertz CT molecular complexity index is 857. The number of morpholine rings is 1. The van der Waals surface area contributed by atoms with Crippen LogP contribution < -0.4 is 0 Å². The second kappa shape index (κ2) is 8.44. The highest BCUT2D eigenvalue weighted by Gasteiger charge is 2.31. The van der Waals surface area contributed by atoms with Crippen LogP contribution in [0.4, 0.5) is 0 Å². The molecule has 5 nitrogen and oxygen atoms in total. The van der Waals surface area contributed by atoms with Gasteiger partial charge in [-0.15, -0.1) is 0 Å². The van der Waals surface area contributed by atoms with Crippen LogP contribution in [0.15, 0.2) is 16.5 Å². The van der Waals surface area contributed by atoms with E-state index in [4.69, 9.17) is 20.8 Å². The number of rotatable bonds is 4. The summed E-state index contributed by atoms with van der Waals surface area (Å²) in [7, 11) is 0. The molecule has 0 N–H and O–H groups in total. The maximum atomic E-state index is 13.4. The van der Waals surface area contributed by atoms with Gasteiger partial charge in [0.1, 0.15) is 0 Å². The van der Waals surface area contributed by atoms with E-state index in [-0.39, 0.29) is 11.9 Å². The zero-order chi connectivity index (χ0) is 19.7. The van der Waals surface area contributed by atoms with Crippen molar-refractivity contribution in [2.24, 2.45) is 0 Å². The van der Waals surface area contributed by atoms with Crippen LogP contribution in [0, 0.1) is 13.8 Å². The molecule has 6 heteroatoms. The van der Waals surface area contributed by atoms with E-state index in [1.165, 1.54) is 6.42 Å². The Morgan fingerprint density at radius 2 is 1.96 bits per heavy atom. The van der Waals surface area contributed by atoms with Gasteiger partial charge < -0.3 is 14.1 Å². The fourth-order valence-electron chi connectivity index (χ4n) is 4.47. The summed E-state index contributed by atoms with van der Waals surface area (Å²) in [6.45, 7) is 9.38. The van der Waals surface area contributed by atoms with Gasteiger partial charge in [-0.25, -0.2) is 0 Å². The van der Waals surface area contributed by atoms with Crippen LogP contribution in [0.3, 0.4) is 0 Å². The Labute approximate surface area is 171 Å². The molecule has 0 spiro atoms. The SMILES string of the molecule is Cc1cc(Cl)c2oc(C(=O)N3CCCC[C@H]3CCN3CCOCC3)c(C)c2c1. The van der Waals surface area contributed by atoms with E-state index < -0.39 is 0 Å². The van der Waals surface area contributed by atoms with E-state index in [1.54, 1.807) is 0 Å². The number of halogens is 1. The number of carbonyl (C=O) groups excluding carboxylic acids is 1. The molecule has 0 unspecified atom stereocenters. The Morgan fingerprint density at radius 1 is 1.18 bits per heavy atom. The van der Waals surface area contributed by atoms with E-state index in [2.05, 4.69) is 4.90 Å². The number of hydrogen-bond acceptors (Lipinski definition) is 4. The monoisotopic (exact) mass is 404 g/mol. The number of likely N-dealkylation sites (tertiary alicyclic amines) is 1. The molecule has 1 aromatic heterocycles. The summed E-state index contributed by atoms with van der Waals surface area (Å²) in [5.41, 5.74) is 2.58. The van der Waals surface area contributed by atoms with Crippen molar-refractivity contribution in [1.82, 2.24) is 9.80 Å². The molecule has 2 aliphatic heterocycles. The van der Waals surface area contributed by atoms with Crippen LogP contribution in [0.1, 0.15) is 47.4 Å². The summed E-state index contributed by atoms with van der Waals surface area (Å²) in [5, 5.41) is 1.51. The quantitative estimate of drug-likeness (QED) is 0.756. The number of fused-ring (bicyclic) bond motifs is 1. The van der Waals surface area contributed by atoms with E-state index in [9.17, 15) is 4.79 Å². The summed E-state index contributed by atoms with van der Waals surface area (Å²) in [6, 6.07) is 4.20. The van der Waals surface area contributed by atoms with E-state index in [1.807, 2.05) is 30.9 Å². The zero-order valence-corrected chi connectivity index (χ0v) is 17.6. The lowest BCUT2D eigenvalue weighted by atomic mass is 9.98. The first-order valence-electron chi connectivity index (χ1n) is 10.3. The van der Waals surface area contributed by atoms with Gasteiger partial charge in [0.15, 0.2) is 11.3 Å². The van der Waals surface area contributed by atoms with Gasteiger partial charge in [-0.2, -0.15) is 0 Å². The molecule has 152 valence electrons. The largest absolute Gasteiger partial charge is 0.449 e. The Balaban J connectivity index is 1.54. The highest BCUT2D eigenvalue weighted by atomic mass is 35.5. The molecule has 1 amide bonds. The third kappa shape index (κ3) is 3.93. The van der Waals surface area contributed by atoms with Crippen molar-refractivity contribution in [1.29, 1.82) is 0 Å². The average Bonchev–Trinajstić information content (AvgIpc) is 3.04. The van der Waals surface area contributed by atoms with Gasteiger partial charge in [-0.3, -0.25) is 9.69 Å². The molecule has 0 saturated carbocycles. The molecular formula is C22H29ClN2O3. The summed E-state index contributed by atoms with van der Waals surface area (Å²) >= 11 is 6.37. The Morgan fingerprint density at radius 3 is 2.75 bits per heavy atom. The lowest BCUT2D eigenvalue weighted by Crippen LogP contribution is -2.46. The lowest BCUT2D eigenvalue weighted by Gasteiger charge is -2.37. The molecule has 0 radical (unpaired) electrons. The highest BCUT2D eigenvalue weighted by molar-refractivity contribution is 6.35. The third-order valence-electron chi connectivity index (χ3n) is 6.10.